The van der Waals surface area contributed by atoms with Crippen LogP contribution in [-0.2, 0) is 6.54 Å². The minimum Gasteiger partial charge on any atom is -0.394 e. The number of alkyl halides is 1. The van der Waals surface area contributed by atoms with Crippen molar-refractivity contribution in [3.05, 3.63) is 17.0 Å². The third kappa shape index (κ3) is 3.20. The Hall–Kier alpha value is -1.07. The Morgan fingerprint density at radius 3 is 2.76 bits per heavy atom. The van der Waals surface area contributed by atoms with E-state index in [4.69, 9.17) is 16.7 Å². The molecule has 0 aromatic carbocycles. The molecule has 96 valence electrons. The fourth-order valence-electron chi connectivity index (χ4n) is 1.66. The molecule has 0 bridgehead atoms. The Morgan fingerprint density at radius 2 is 2.24 bits per heavy atom. The number of aliphatic hydroxyl groups excluding tert-OH is 1. The predicted molar refractivity (Wildman–Crippen MR) is 66.4 cm³/mol. The summed E-state index contributed by atoms with van der Waals surface area (Å²) in [5, 5.41) is 15.9. The molecule has 5 nitrogen and oxygen atoms in total. The van der Waals surface area contributed by atoms with Gasteiger partial charge in [0.2, 0.25) is 0 Å². The molecule has 17 heavy (non-hydrogen) atoms. The lowest BCUT2D eigenvalue weighted by Gasteiger charge is -2.10. The van der Waals surface area contributed by atoms with Crippen molar-refractivity contribution in [1.82, 2.24) is 15.1 Å². The van der Waals surface area contributed by atoms with Crippen LogP contribution in [0.15, 0.2) is 0 Å². The summed E-state index contributed by atoms with van der Waals surface area (Å²) in [5.41, 5.74) is 2.04. The van der Waals surface area contributed by atoms with Crippen LogP contribution in [0.3, 0.4) is 0 Å². The molecule has 0 spiro atoms. The van der Waals surface area contributed by atoms with Gasteiger partial charge in [-0.3, -0.25) is 9.48 Å². The number of aryl methyl sites for hydroxylation is 2. The van der Waals surface area contributed by atoms with Crippen molar-refractivity contribution in [1.29, 1.82) is 0 Å². The van der Waals surface area contributed by atoms with Gasteiger partial charge in [0, 0.05) is 17.6 Å². The molecule has 0 saturated carbocycles. The molecule has 1 aromatic heterocycles. The highest BCUT2D eigenvalue weighted by Crippen LogP contribution is 2.13. The number of rotatable bonds is 5. The van der Waals surface area contributed by atoms with Crippen molar-refractivity contribution in [2.45, 2.75) is 33.4 Å². The zero-order chi connectivity index (χ0) is 13.0. The van der Waals surface area contributed by atoms with E-state index in [1.54, 1.807) is 18.5 Å². The van der Waals surface area contributed by atoms with Gasteiger partial charge in [0.25, 0.3) is 5.91 Å². The van der Waals surface area contributed by atoms with Gasteiger partial charge in [-0.05, 0) is 20.8 Å². The smallest absolute Gasteiger partial charge is 0.255 e. The first-order valence-electron chi connectivity index (χ1n) is 5.53. The van der Waals surface area contributed by atoms with Crippen molar-refractivity contribution in [2.24, 2.45) is 0 Å². The van der Waals surface area contributed by atoms with E-state index in [1.165, 1.54) is 0 Å². The van der Waals surface area contributed by atoms with Gasteiger partial charge in [0.1, 0.15) is 0 Å². The molecule has 0 radical (unpaired) electrons. The quantitative estimate of drug-likeness (QED) is 0.771. The van der Waals surface area contributed by atoms with Crippen LogP contribution in [0.1, 0.15) is 28.7 Å². The maximum Gasteiger partial charge on any atom is 0.255 e. The van der Waals surface area contributed by atoms with Crippen molar-refractivity contribution in [3.63, 3.8) is 0 Å². The Labute approximate surface area is 106 Å². The van der Waals surface area contributed by atoms with E-state index in [1.807, 2.05) is 6.92 Å². The topological polar surface area (TPSA) is 67.2 Å². The number of halogens is 1. The molecule has 0 aliphatic heterocycles. The Balaban J connectivity index is 2.93. The Kier molecular flexibility index (Phi) is 4.96. The van der Waals surface area contributed by atoms with Crippen LogP contribution >= 0.6 is 11.6 Å². The molecule has 1 amide bonds. The minimum atomic E-state index is -0.266. The van der Waals surface area contributed by atoms with Gasteiger partial charge in [0.15, 0.2) is 0 Å². The van der Waals surface area contributed by atoms with E-state index in [-0.39, 0.29) is 18.6 Å². The summed E-state index contributed by atoms with van der Waals surface area (Å²) in [5.74, 6) is 0.248. The molecule has 1 rings (SSSR count). The summed E-state index contributed by atoms with van der Waals surface area (Å²) in [6.45, 7) is 5.86. The second kappa shape index (κ2) is 6.02. The van der Waals surface area contributed by atoms with Gasteiger partial charge in [-0.2, -0.15) is 5.10 Å². The van der Waals surface area contributed by atoms with Crippen molar-refractivity contribution in [2.75, 3.05) is 12.5 Å². The molecule has 2 N–H and O–H groups in total. The van der Waals surface area contributed by atoms with Crippen molar-refractivity contribution >= 4 is 17.5 Å². The summed E-state index contributed by atoms with van der Waals surface area (Å²) in [6.07, 6.45) is 0. The van der Waals surface area contributed by atoms with Crippen LogP contribution in [0.4, 0.5) is 0 Å². The van der Waals surface area contributed by atoms with Crippen molar-refractivity contribution < 1.29 is 9.90 Å². The summed E-state index contributed by atoms with van der Waals surface area (Å²) in [4.78, 5) is 12.0. The van der Waals surface area contributed by atoms with Crippen LogP contribution in [0.5, 0.6) is 0 Å². The number of hydrogen-bond donors (Lipinski definition) is 2. The Bertz CT molecular complexity index is 404. The van der Waals surface area contributed by atoms with Crippen LogP contribution in [0.25, 0.3) is 0 Å². The summed E-state index contributed by atoms with van der Waals surface area (Å²) in [7, 11) is 0. The molecule has 0 aliphatic carbocycles. The maximum absolute atomic E-state index is 12.0. The third-order valence-electron chi connectivity index (χ3n) is 2.56. The van der Waals surface area contributed by atoms with Crippen LogP contribution < -0.4 is 5.32 Å². The normalized spacial score (nSPS) is 12.5. The molecule has 0 aliphatic rings. The van der Waals surface area contributed by atoms with Crippen LogP contribution in [0, 0.1) is 13.8 Å². The van der Waals surface area contributed by atoms with E-state index >= 15 is 0 Å². The highest BCUT2D eigenvalue weighted by atomic mass is 35.5. The average Bonchev–Trinajstić information content (AvgIpc) is 2.54. The van der Waals surface area contributed by atoms with E-state index in [0.717, 1.165) is 5.69 Å². The lowest BCUT2D eigenvalue weighted by atomic mass is 10.1. The highest BCUT2D eigenvalue weighted by Gasteiger charge is 2.19. The minimum absolute atomic E-state index is 0.0837. The number of nitrogens with one attached hydrogen (secondary N) is 1. The van der Waals surface area contributed by atoms with Gasteiger partial charge in [-0.25, -0.2) is 0 Å². The molecule has 0 fully saturated rings. The summed E-state index contributed by atoms with van der Waals surface area (Å²) >= 11 is 5.66. The number of carbonyl (C=O) groups excluding carboxylic acids is 1. The molecule has 1 aromatic rings. The van der Waals surface area contributed by atoms with Crippen LogP contribution in [-0.4, -0.2) is 39.3 Å². The molecule has 6 heteroatoms. The summed E-state index contributed by atoms with van der Waals surface area (Å²) < 4.78 is 1.72. The van der Waals surface area contributed by atoms with E-state index in [9.17, 15) is 4.79 Å². The number of hydrogen-bond acceptors (Lipinski definition) is 3. The number of aromatic nitrogens is 2. The highest BCUT2D eigenvalue weighted by molar-refractivity contribution is 6.17. The van der Waals surface area contributed by atoms with Gasteiger partial charge < -0.3 is 10.4 Å². The molecule has 1 unspecified atom stereocenters. The van der Waals surface area contributed by atoms with Crippen LogP contribution in [0.2, 0.25) is 0 Å². The average molecular weight is 260 g/mol. The molecule has 0 saturated heterocycles. The molecular formula is C11H18ClN3O2. The predicted octanol–water partition coefficient (Wildman–Crippen LogP) is 0.849. The van der Waals surface area contributed by atoms with Gasteiger partial charge >= 0.3 is 0 Å². The second-order valence-electron chi connectivity index (χ2n) is 4.02. The lowest BCUT2D eigenvalue weighted by Crippen LogP contribution is -2.35. The first kappa shape index (κ1) is 14.0. The molecule has 1 heterocycles. The fourth-order valence-corrected chi connectivity index (χ4v) is 1.83. The first-order valence-corrected chi connectivity index (χ1v) is 6.06. The fraction of sp³-hybridized carbons (Fsp3) is 0.636. The third-order valence-corrected chi connectivity index (χ3v) is 2.73. The van der Waals surface area contributed by atoms with E-state index < -0.39 is 0 Å². The zero-order valence-electron chi connectivity index (χ0n) is 10.3. The zero-order valence-corrected chi connectivity index (χ0v) is 11.1. The molecule has 1 atom stereocenters. The second-order valence-corrected chi connectivity index (χ2v) is 4.39. The van der Waals surface area contributed by atoms with Gasteiger partial charge in [0.05, 0.1) is 24.4 Å². The largest absolute Gasteiger partial charge is 0.394 e. The number of nitrogens with zero attached hydrogens (tertiary/aromatic N) is 2. The first-order chi connectivity index (χ1) is 8.01. The summed E-state index contributed by atoms with van der Waals surface area (Å²) in [6, 6.07) is -0.266. The number of carbonyl (C=O) groups is 1. The van der Waals surface area contributed by atoms with E-state index in [0.29, 0.717) is 23.7 Å². The monoisotopic (exact) mass is 259 g/mol. The number of amides is 1. The van der Waals surface area contributed by atoms with Crippen molar-refractivity contribution in [3.8, 4) is 0 Å². The molecular weight excluding hydrogens is 242 g/mol. The maximum atomic E-state index is 12.0. The lowest BCUT2D eigenvalue weighted by molar-refractivity contribution is 0.0921. The standard InChI is InChI=1S/C11H18ClN3O2/c1-7(6-16)13-11(17)10-8(2)14-15(5-4-12)9(10)3/h7,16H,4-6H2,1-3H3,(H,13,17). The Morgan fingerprint density at radius 1 is 1.59 bits per heavy atom. The van der Waals surface area contributed by atoms with Gasteiger partial charge in [-0.1, -0.05) is 0 Å². The van der Waals surface area contributed by atoms with E-state index in [2.05, 4.69) is 10.4 Å². The SMILES string of the molecule is Cc1nn(CCCl)c(C)c1C(=O)NC(C)CO. The van der Waals surface area contributed by atoms with Gasteiger partial charge in [-0.15, -0.1) is 11.6 Å². The number of aliphatic hydroxyl groups is 1.